The lowest BCUT2D eigenvalue weighted by Crippen LogP contribution is -2.36. The summed E-state index contributed by atoms with van der Waals surface area (Å²) in [4.78, 5) is 44.2. The molecule has 0 radical (unpaired) electrons. The van der Waals surface area contributed by atoms with Gasteiger partial charge in [0.25, 0.3) is 11.9 Å². The molecule has 29 heavy (non-hydrogen) atoms. The third kappa shape index (κ3) is 4.49. The molecule has 0 saturated heterocycles. The molecule has 2 heterocycles. The van der Waals surface area contributed by atoms with Gasteiger partial charge in [0.1, 0.15) is 11.6 Å². The Morgan fingerprint density at radius 1 is 1.14 bits per heavy atom. The first-order valence-electron chi connectivity index (χ1n) is 8.53. The van der Waals surface area contributed by atoms with E-state index in [0.717, 1.165) is 4.68 Å². The summed E-state index contributed by atoms with van der Waals surface area (Å²) in [7, 11) is 0. The van der Waals surface area contributed by atoms with Crippen molar-refractivity contribution in [1.82, 2.24) is 15.1 Å². The van der Waals surface area contributed by atoms with Crippen LogP contribution in [0.4, 0.5) is 10.2 Å². The van der Waals surface area contributed by atoms with Gasteiger partial charge in [-0.1, -0.05) is 18.7 Å². The standard InChI is InChI=1S/C19H17FN6O3/c1-10-8-15(26(25-10)19-22-12(3)11(2)16(27)24-19)23-18(29)17(28)21-9-13-4-6-14(20)7-5-13/h4-8H,2,9H2,1,3H3,(H,21,28)(H,23,29). The number of hydrogen-bond donors (Lipinski definition) is 2. The molecular weight excluding hydrogens is 379 g/mol. The van der Waals surface area contributed by atoms with E-state index in [-0.39, 0.29) is 23.9 Å². The molecule has 1 aromatic heterocycles. The highest BCUT2D eigenvalue weighted by atomic mass is 19.1. The molecule has 2 N–H and O–H groups in total. The number of nitrogens with one attached hydrogen (secondary N) is 2. The SMILES string of the molecule is C=C1C(=O)N=C(n2nc(C)cc2NC(=O)C(=O)NCc2ccc(F)cc2)N=C1C. The number of anilines is 1. The van der Waals surface area contributed by atoms with E-state index >= 15 is 0 Å². The molecule has 1 aromatic carbocycles. The number of hydrogen-bond acceptors (Lipinski definition) is 5. The topological polar surface area (TPSA) is 118 Å². The molecule has 1 aliphatic rings. The predicted molar refractivity (Wildman–Crippen MR) is 104 cm³/mol. The Balaban J connectivity index is 1.72. The van der Waals surface area contributed by atoms with E-state index in [4.69, 9.17) is 0 Å². The third-order valence-corrected chi connectivity index (χ3v) is 4.00. The van der Waals surface area contributed by atoms with Gasteiger partial charge in [-0.25, -0.2) is 9.38 Å². The second kappa shape index (κ2) is 7.97. The highest BCUT2D eigenvalue weighted by Gasteiger charge is 2.22. The summed E-state index contributed by atoms with van der Waals surface area (Å²) in [5.74, 6) is -2.72. The fourth-order valence-electron chi connectivity index (χ4n) is 2.43. The summed E-state index contributed by atoms with van der Waals surface area (Å²) < 4.78 is 14.1. The number of rotatable bonds is 3. The van der Waals surface area contributed by atoms with Crippen LogP contribution < -0.4 is 10.6 Å². The van der Waals surface area contributed by atoms with Crippen molar-refractivity contribution in [3.8, 4) is 0 Å². The lowest BCUT2D eigenvalue weighted by atomic mass is 10.2. The fourth-order valence-corrected chi connectivity index (χ4v) is 2.43. The van der Waals surface area contributed by atoms with Crippen molar-refractivity contribution < 1.29 is 18.8 Å². The van der Waals surface area contributed by atoms with Crippen LogP contribution >= 0.6 is 0 Å². The number of aliphatic imine (C=N–C) groups is 2. The van der Waals surface area contributed by atoms with Crippen molar-refractivity contribution in [2.45, 2.75) is 20.4 Å². The van der Waals surface area contributed by atoms with Gasteiger partial charge >= 0.3 is 11.8 Å². The molecule has 2 aromatic rings. The minimum atomic E-state index is -0.943. The van der Waals surface area contributed by atoms with E-state index < -0.39 is 23.5 Å². The number of nitrogens with zero attached hydrogens (tertiary/aromatic N) is 4. The second-order valence-electron chi connectivity index (χ2n) is 6.24. The summed E-state index contributed by atoms with van der Waals surface area (Å²) in [6.45, 7) is 6.92. The number of halogens is 1. The Morgan fingerprint density at radius 2 is 1.83 bits per heavy atom. The van der Waals surface area contributed by atoms with Crippen LogP contribution in [0.5, 0.6) is 0 Å². The van der Waals surface area contributed by atoms with Crippen LogP contribution in [0.15, 0.2) is 52.5 Å². The van der Waals surface area contributed by atoms with Crippen molar-refractivity contribution >= 4 is 35.2 Å². The smallest absolute Gasteiger partial charge is 0.314 e. The molecule has 0 bridgehead atoms. The van der Waals surface area contributed by atoms with Gasteiger partial charge in [0.15, 0.2) is 0 Å². The Labute approximate surface area is 165 Å². The summed E-state index contributed by atoms with van der Waals surface area (Å²) in [6, 6.07) is 7.02. The Kier molecular flexibility index (Phi) is 5.44. The van der Waals surface area contributed by atoms with Crippen LogP contribution in [0.25, 0.3) is 0 Å². The van der Waals surface area contributed by atoms with Gasteiger partial charge in [-0.2, -0.15) is 14.8 Å². The Hall–Kier alpha value is -3.95. The molecule has 3 amide bonds. The molecule has 3 rings (SSSR count). The Bertz CT molecular complexity index is 1080. The highest BCUT2D eigenvalue weighted by molar-refractivity contribution is 6.39. The summed E-state index contributed by atoms with van der Waals surface area (Å²) >= 11 is 0. The van der Waals surface area contributed by atoms with E-state index in [1.54, 1.807) is 13.8 Å². The minimum absolute atomic E-state index is 0.0463. The molecule has 1 aliphatic heterocycles. The highest BCUT2D eigenvalue weighted by Crippen LogP contribution is 2.14. The first-order valence-corrected chi connectivity index (χ1v) is 8.53. The van der Waals surface area contributed by atoms with Gasteiger partial charge in [0, 0.05) is 12.6 Å². The molecule has 148 valence electrons. The molecular formula is C19H17FN6O3. The maximum absolute atomic E-state index is 12.9. The van der Waals surface area contributed by atoms with Crippen molar-refractivity contribution in [3.05, 3.63) is 59.6 Å². The third-order valence-electron chi connectivity index (χ3n) is 4.00. The fraction of sp³-hybridized carbons (Fsp3) is 0.158. The van der Waals surface area contributed by atoms with Crippen molar-refractivity contribution in [3.63, 3.8) is 0 Å². The van der Waals surface area contributed by atoms with Crippen LogP contribution in [0.1, 0.15) is 18.2 Å². The second-order valence-corrected chi connectivity index (χ2v) is 6.24. The maximum atomic E-state index is 12.9. The van der Waals surface area contributed by atoms with E-state index in [1.165, 1.54) is 30.3 Å². The predicted octanol–water partition coefficient (Wildman–Crippen LogP) is 1.35. The van der Waals surface area contributed by atoms with Crippen molar-refractivity contribution in [2.24, 2.45) is 9.98 Å². The zero-order valence-corrected chi connectivity index (χ0v) is 15.7. The lowest BCUT2D eigenvalue weighted by molar-refractivity contribution is -0.136. The number of benzene rings is 1. The summed E-state index contributed by atoms with van der Waals surface area (Å²) in [5.41, 5.74) is 1.69. The van der Waals surface area contributed by atoms with E-state index in [0.29, 0.717) is 17.0 Å². The Morgan fingerprint density at radius 3 is 2.48 bits per heavy atom. The molecule has 0 spiro atoms. The van der Waals surface area contributed by atoms with Gasteiger partial charge < -0.3 is 10.6 Å². The summed E-state index contributed by atoms with van der Waals surface area (Å²) in [6.07, 6.45) is 0. The average molecular weight is 396 g/mol. The number of carbonyl (C=O) groups excluding carboxylic acids is 3. The molecule has 0 unspecified atom stereocenters. The van der Waals surface area contributed by atoms with Crippen LogP contribution in [0.3, 0.4) is 0 Å². The quantitative estimate of drug-likeness (QED) is 0.601. The van der Waals surface area contributed by atoms with Gasteiger partial charge in [-0.15, -0.1) is 0 Å². The first-order chi connectivity index (χ1) is 13.7. The zero-order valence-electron chi connectivity index (χ0n) is 15.7. The number of amides is 3. The van der Waals surface area contributed by atoms with Crippen LogP contribution in [-0.2, 0) is 20.9 Å². The molecule has 0 saturated carbocycles. The normalized spacial score (nSPS) is 13.6. The number of aromatic nitrogens is 2. The maximum Gasteiger partial charge on any atom is 0.314 e. The zero-order chi connectivity index (χ0) is 21.1. The van der Waals surface area contributed by atoms with E-state index in [9.17, 15) is 18.8 Å². The monoisotopic (exact) mass is 396 g/mol. The first kappa shape index (κ1) is 19.8. The average Bonchev–Trinajstić information content (AvgIpc) is 3.05. The van der Waals surface area contributed by atoms with Crippen molar-refractivity contribution in [1.29, 1.82) is 0 Å². The molecule has 10 heteroatoms. The largest absolute Gasteiger partial charge is 0.344 e. The molecule has 0 fully saturated rings. The van der Waals surface area contributed by atoms with Crippen LogP contribution in [-0.4, -0.2) is 39.2 Å². The summed E-state index contributed by atoms with van der Waals surface area (Å²) in [5, 5.41) is 9.02. The molecule has 0 aliphatic carbocycles. The van der Waals surface area contributed by atoms with Crippen LogP contribution in [0, 0.1) is 12.7 Å². The van der Waals surface area contributed by atoms with Gasteiger partial charge in [-0.05, 0) is 31.5 Å². The van der Waals surface area contributed by atoms with Crippen molar-refractivity contribution in [2.75, 3.05) is 5.32 Å². The van der Waals surface area contributed by atoms with E-state index in [2.05, 4.69) is 32.3 Å². The number of carbonyl (C=O) groups is 3. The van der Waals surface area contributed by atoms with Gasteiger partial charge in [0.2, 0.25) is 0 Å². The minimum Gasteiger partial charge on any atom is -0.344 e. The van der Waals surface area contributed by atoms with Gasteiger partial charge in [-0.3, -0.25) is 14.4 Å². The molecule has 9 nitrogen and oxygen atoms in total. The van der Waals surface area contributed by atoms with Crippen LogP contribution in [0.2, 0.25) is 0 Å². The number of aryl methyl sites for hydroxylation is 1. The molecule has 0 atom stereocenters. The van der Waals surface area contributed by atoms with Gasteiger partial charge in [0.05, 0.1) is 17.0 Å². The van der Waals surface area contributed by atoms with E-state index in [1.807, 2.05) is 0 Å². The lowest BCUT2D eigenvalue weighted by Gasteiger charge is -2.12.